The van der Waals surface area contributed by atoms with Gasteiger partial charge in [-0.1, -0.05) is 0 Å². The van der Waals surface area contributed by atoms with Crippen LogP contribution in [0.1, 0.15) is 10.4 Å². The minimum atomic E-state index is -0.619. The van der Waals surface area contributed by atoms with Crippen molar-refractivity contribution < 1.29 is 18.9 Å². The van der Waals surface area contributed by atoms with Gasteiger partial charge >= 0.3 is 6.03 Å². The Bertz CT molecular complexity index is 780. The van der Waals surface area contributed by atoms with E-state index in [1.807, 2.05) is 0 Å². The molecule has 10 heteroatoms. The topological polar surface area (TPSA) is 125 Å². The van der Waals surface area contributed by atoms with Gasteiger partial charge in [-0.2, -0.15) is 0 Å². The van der Waals surface area contributed by atoms with Crippen molar-refractivity contribution in [1.29, 1.82) is 0 Å². The van der Waals surface area contributed by atoms with E-state index in [0.717, 1.165) is 12.1 Å². The molecule has 3 amide bonds. The van der Waals surface area contributed by atoms with Crippen LogP contribution < -0.4 is 21.5 Å². The number of urea groups is 1. The summed E-state index contributed by atoms with van der Waals surface area (Å²) in [6, 6.07) is 10.1. The van der Waals surface area contributed by atoms with E-state index in [2.05, 4.69) is 21.5 Å². The normalized spacial score (nSPS) is 9.88. The van der Waals surface area contributed by atoms with Gasteiger partial charge in [0.25, 0.3) is 11.6 Å². The molecule has 0 spiro atoms. The number of benzene rings is 2. The zero-order chi connectivity index (χ0) is 18.9. The third kappa shape index (κ3) is 5.74. The predicted molar refractivity (Wildman–Crippen MR) is 92.0 cm³/mol. The van der Waals surface area contributed by atoms with Crippen LogP contribution in [0.3, 0.4) is 0 Å². The molecule has 0 atom stereocenters. The molecule has 0 aliphatic rings. The summed E-state index contributed by atoms with van der Waals surface area (Å²) in [6.07, 6.45) is 0. The van der Waals surface area contributed by atoms with Crippen molar-refractivity contribution in [2.24, 2.45) is 0 Å². The molecular weight excluding hydrogens is 345 g/mol. The Morgan fingerprint density at radius 1 is 0.962 bits per heavy atom. The summed E-state index contributed by atoms with van der Waals surface area (Å²) in [6.45, 7) is 0.617. The van der Waals surface area contributed by atoms with Crippen LogP contribution in [0.4, 0.5) is 20.6 Å². The largest absolute Gasteiger partial charge is 0.383 e. The monoisotopic (exact) mass is 361 g/mol. The van der Waals surface area contributed by atoms with Crippen LogP contribution in [0.25, 0.3) is 0 Å². The summed E-state index contributed by atoms with van der Waals surface area (Å²) < 4.78 is 12.8. The van der Waals surface area contributed by atoms with Gasteiger partial charge in [0.15, 0.2) is 0 Å². The Hall–Kier alpha value is -3.69. The Morgan fingerprint density at radius 3 is 2.23 bits per heavy atom. The number of hydrogen-bond acceptors (Lipinski definition) is 5. The lowest BCUT2D eigenvalue weighted by Crippen LogP contribution is -2.47. The smallest absolute Gasteiger partial charge is 0.333 e. The highest BCUT2D eigenvalue weighted by atomic mass is 19.1. The fourth-order valence-corrected chi connectivity index (χ4v) is 1.92. The molecular formula is C16H16FN5O4. The minimum Gasteiger partial charge on any atom is -0.383 e. The van der Waals surface area contributed by atoms with Gasteiger partial charge in [-0.3, -0.25) is 20.3 Å². The van der Waals surface area contributed by atoms with Crippen molar-refractivity contribution in [3.63, 3.8) is 0 Å². The molecule has 136 valence electrons. The highest BCUT2D eigenvalue weighted by Gasteiger charge is 2.07. The van der Waals surface area contributed by atoms with Crippen LogP contribution in [-0.4, -0.2) is 30.0 Å². The number of nitrogens with one attached hydrogen (secondary N) is 4. The second kappa shape index (κ2) is 8.97. The molecule has 4 N–H and O–H groups in total. The van der Waals surface area contributed by atoms with Gasteiger partial charge in [0.1, 0.15) is 5.82 Å². The Kier molecular flexibility index (Phi) is 6.43. The van der Waals surface area contributed by atoms with Crippen molar-refractivity contribution in [1.82, 2.24) is 16.2 Å². The summed E-state index contributed by atoms with van der Waals surface area (Å²) in [5.41, 5.74) is 5.21. The van der Waals surface area contributed by atoms with Crippen molar-refractivity contribution in [2.75, 3.05) is 18.4 Å². The molecule has 9 nitrogen and oxygen atoms in total. The standard InChI is InChI=1S/C16H16FN5O4/c17-12-3-1-11(2-4-12)15(23)20-21-16(24)19-10-9-18-13-5-7-14(8-6-13)22(25)26/h1-8,18H,9-10H2,(H,20,23)(H2,19,21,24). The number of amides is 3. The van der Waals surface area contributed by atoms with Gasteiger partial charge < -0.3 is 10.6 Å². The lowest BCUT2D eigenvalue weighted by atomic mass is 10.2. The number of carbonyl (C=O) groups excluding carboxylic acids is 2. The number of halogens is 1. The van der Waals surface area contributed by atoms with Crippen LogP contribution in [0.5, 0.6) is 0 Å². The summed E-state index contributed by atoms with van der Waals surface area (Å²) in [5.74, 6) is -1.04. The quantitative estimate of drug-likeness (QED) is 0.355. The molecule has 0 radical (unpaired) electrons. The van der Waals surface area contributed by atoms with Crippen molar-refractivity contribution in [3.8, 4) is 0 Å². The zero-order valence-corrected chi connectivity index (χ0v) is 13.5. The van der Waals surface area contributed by atoms with Gasteiger partial charge in [0, 0.05) is 36.5 Å². The van der Waals surface area contributed by atoms with Gasteiger partial charge in [0.2, 0.25) is 0 Å². The minimum absolute atomic E-state index is 0.00931. The number of hydrogen-bond donors (Lipinski definition) is 4. The van der Waals surface area contributed by atoms with Crippen molar-refractivity contribution >= 4 is 23.3 Å². The number of anilines is 1. The molecule has 0 unspecified atom stereocenters. The van der Waals surface area contributed by atoms with Crippen LogP contribution in [-0.2, 0) is 0 Å². The third-order valence-electron chi connectivity index (χ3n) is 3.21. The molecule has 2 rings (SSSR count). The number of nitro groups is 1. The molecule has 2 aromatic carbocycles. The van der Waals surface area contributed by atoms with Crippen molar-refractivity contribution in [3.05, 3.63) is 70.0 Å². The first kappa shape index (κ1) is 18.6. The van der Waals surface area contributed by atoms with E-state index in [0.29, 0.717) is 12.2 Å². The maximum absolute atomic E-state index is 12.8. The van der Waals surface area contributed by atoms with Crippen LogP contribution in [0.2, 0.25) is 0 Å². The van der Waals surface area contributed by atoms with Crippen LogP contribution >= 0.6 is 0 Å². The van der Waals surface area contributed by atoms with Gasteiger partial charge in [-0.05, 0) is 36.4 Å². The predicted octanol–water partition coefficient (Wildman–Crippen LogP) is 1.79. The second-order valence-electron chi connectivity index (χ2n) is 5.07. The van der Waals surface area contributed by atoms with E-state index in [-0.39, 0.29) is 17.8 Å². The third-order valence-corrected chi connectivity index (χ3v) is 3.21. The Morgan fingerprint density at radius 2 is 1.62 bits per heavy atom. The SMILES string of the molecule is O=C(NCCNc1ccc([N+](=O)[O-])cc1)NNC(=O)c1ccc(F)cc1. The number of non-ortho nitro benzene ring substituents is 1. The number of rotatable bonds is 6. The number of carbonyl (C=O) groups is 2. The molecule has 0 heterocycles. The molecule has 0 saturated carbocycles. The zero-order valence-electron chi connectivity index (χ0n) is 13.5. The summed E-state index contributed by atoms with van der Waals surface area (Å²) in [7, 11) is 0. The maximum atomic E-state index is 12.8. The first-order chi connectivity index (χ1) is 12.5. The van der Waals surface area contributed by atoms with E-state index >= 15 is 0 Å². The fraction of sp³-hybridized carbons (Fsp3) is 0.125. The average molecular weight is 361 g/mol. The Labute approximate surface area is 147 Å². The van der Waals surface area contributed by atoms with E-state index in [4.69, 9.17) is 0 Å². The molecule has 0 saturated heterocycles. The number of nitrogens with zero attached hydrogens (tertiary/aromatic N) is 1. The fourth-order valence-electron chi connectivity index (χ4n) is 1.92. The molecule has 2 aromatic rings. The van der Waals surface area contributed by atoms with Gasteiger partial charge in [-0.25, -0.2) is 14.6 Å². The highest BCUT2D eigenvalue weighted by Crippen LogP contribution is 2.14. The first-order valence-electron chi connectivity index (χ1n) is 7.54. The van der Waals surface area contributed by atoms with Crippen LogP contribution in [0.15, 0.2) is 48.5 Å². The van der Waals surface area contributed by atoms with Crippen molar-refractivity contribution in [2.45, 2.75) is 0 Å². The average Bonchev–Trinajstić information content (AvgIpc) is 2.64. The molecule has 0 bridgehead atoms. The molecule has 26 heavy (non-hydrogen) atoms. The second-order valence-corrected chi connectivity index (χ2v) is 5.07. The summed E-state index contributed by atoms with van der Waals surface area (Å²) in [5, 5.41) is 16.0. The number of nitro benzene ring substituents is 1. The van der Waals surface area contributed by atoms with E-state index in [9.17, 15) is 24.1 Å². The first-order valence-corrected chi connectivity index (χ1v) is 7.54. The lowest BCUT2D eigenvalue weighted by molar-refractivity contribution is -0.384. The van der Waals surface area contributed by atoms with E-state index in [1.54, 1.807) is 12.1 Å². The van der Waals surface area contributed by atoms with Crippen LogP contribution in [0, 0.1) is 15.9 Å². The molecule has 0 aromatic heterocycles. The molecule has 0 aliphatic heterocycles. The van der Waals surface area contributed by atoms with E-state index in [1.165, 1.54) is 24.3 Å². The maximum Gasteiger partial charge on any atom is 0.333 e. The Balaban J connectivity index is 1.65. The van der Waals surface area contributed by atoms with E-state index < -0.39 is 22.7 Å². The molecule has 0 aliphatic carbocycles. The van der Waals surface area contributed by atoms with Gasteiger partial charge in [-0.15, -0.1) is 0 Å². The number of hydrazine groups is 1. The van der Waals surface area contributed by atoms with Gasteiger partial charge in [0.05, 0.1) is 4.92 Å². The summed E-state index contributed by atoms with van der Waals surface area (Å²) in [4.78, 5) is 33.3. The highest BCUT2D eigenvalue weighted by molar-refractivity contribution is 5.95. The lowest BCUT2D eigenvalue weighted by Gasteiger charge is -2.10. The summed E-state index contributed by atoms with van der Waals surface area (Å²) >= 11 is 0. The molecule has 0 fully saturated rings.